The smallest absolute Gasteiger partial charge is 0.440 e. The monoisotopic (exact) mass is 404 g/mol. The zero-order chi connectivity index (χ0) is 21.1. The predicted octanol–water partition coefficient (Wildman–Crippen LogP) is 3.44. The normalized spacial score (nSPS) is 10.8. The van der Waals surface area contributed by atoms with Crippen LogP contribution in [0.15, 0.2) is 80.8 Å². The number of nitrogens with zero attached hydrogens (tertiary/aromatic N) is 1. The fourth-order valence-corrected chi connectivity index (χ4v) is 3.24. The fraction of sp³-hybridized carbons (Fsp3) is 0.130. The van der Waals surface area contributed by atoms with Crippen molar-refractivity contribution < 1.29 is 14.4 Å². The van der Waals surface area contributed by atoms with Crippen molar-refractivity contribution in [1.29, 1.82) is 0 Å². The molecule has 0 saturated heterocycles. The van der Waals surface area contributed by atoms with E-state index < -0.39 is 11.4 Å². The Labute approximate surface area is 171 Å². The van der Waals surface area contributed by atoms with Crippen LogP contribution in [0.4, 0.5) is 0 Å². The Morgan fingerprint density at radius 1 is 1.00 bits per heavy atom. The van der Waals surface area contributed by atoms with Crippen LogP contribution >= 0.6 is 0 Å². The molecule has 152 valence electrons. The first kappa shape index (κ1) is 19.3. The van der Waals surface area contributed by atoms with Gasteiger partial charge in [0.05, 0.1) is 6.54 Å². The largest absolute Gasteiger partial charge is 0.508 e. The van der Waals surface area contributed by atoms with E-state index in [-0.39, 0.29) is 12.3 Å². The van der Waals surface area contributed by atoms with Gasteiger partial charge in [-0.1, -0.05) is 36.4 Å². The number of hydrogen-bond donors (Lipinski definition) is 2. The van der Waals surface area contributed by atoms with Gasteiger partial charge in [0, 0.05) is 0 Å². The highest BCUT2D eigenvalue weighted by molar-refractivity contribution is 5.68. The molecule has 0 atom stereocenters. The molecule has 1 heterocycles. The van der Waals surface area contributed by atoms with Gasteiger partial charge in [0.1, 0.15) is 18.1 Å². The lowest BCUT2D eigenvalue weighted by molar-refractivity contribution is 0.258. The van der Waals surface area contributed by atoms with E-state index in [1.165, 1.54) is 0 Å². The average molecular weight is 404 g/mol. The predicted molar refractivity (Wildman–Crippen MR) is 112 cm³/mol. The lowest BCUT2D eigenvalue weighted by Crippen LogP contribution is -2.17. The van der Waals surface area contributed by atoms with Gasteiger partial charge in [0.2, 0.25) is 0 Å². The Hall–Kier alpha value is -4.00. The third-order valence-corrected chi connectivity index (χ3v) is 4.73. The summed E-state index contributed by atoms with van der Waals surface area (Å²) in [7, 11) is 0. The van der Waals surface area contributed by atoms with Gasteiger partial charge in [-0.2, -0.15) is 0 Å². The molecule has 0 bridgehead atoms. The van der Waals surface area contributed by atoms with E-state index in [4.69, 9.17) is 9.26 Å². The van der Waals surface area contributed by atoms with Gasteiger partial charge in [0.25, 0.3) is 0 Å². The van der Waals surface area contributed by atoms with Crippen LogP contribution in [0, 0.1) is 6.92 Å². The molecule has 0 aliphatic heterocycles. The molecule has 0 amide bonds. The number of phenols is 1. The molecule has 1 aromatic heterocycles. The van der Waals surface area contributed by atoms with Crippen molar-refractivity contribution in [1.82, 2.24) is 9.72 Å². The average Bonchev–Trinajstić information content (AvgIpc) is 3.04. The number of aryl methyl sites for hydroxylation is 1. The molecule has 0 unspecified atom stereocenters. The molecular formula is C23H20N2O5. The van der Waals surface area contributed by atoms with Crippen LogP contribution in [0.1, 0.15) is 16.7 Å². The molecule has 0 aliphatic carbocycles. The number of ether oxygens (including phenoxy) is 1. The number of rotatable bonds is 6. The zero-order valence-corrected chi connectivity index (χ0v) is 16.3. The highest BCUT2D eigenvalue weighted by Crippen LogP contribution is 2.27. The van der Waals surface area contributed by atoms with Gasteiger partial charge in [-0.25, -0.2) is 14.6 Å². The van der Waals surface area contributed by atoms with Crippen LogP contribution in [0.5, 0.6) is 11.5 Å². The van der Waals surface area contributed by atoms with E-state index in [0.29, 0.717) is 12.4 Å². The molecule has 0 saturated carbocycles. The van der Waals surface area contributed by atoms with Gasteiger partial charge < -0.3 is 14.4 Å². The zero-order valence-electron chi connectivity index (χ0n) is 16.3. The maximum atomic E-state index is 11.5. The minimum Gasteiger partial charge on any atom is -0.508 e. The number of nitrogens with one attached hydrogen (secondary N) is 1. The molecule has 2 N–H and O–H groups in total. The molecule has 3 aromatic carbocycles. The van der Waals surface area contributed by atoms with Crippen molar-refractivity contribution in [3.63, 3.8) is 0 Å². The molecule has 4 rings (SSSR count). The fourth-order valence-electron chi connectivity index (χ4n) is 3.24. The first-order chi connectivity index (χ1) is 14.5. The van der Waals surface area contributed by atoms with E-state index in [2.05, 4.69) is 6.07 Å². The van der Waals surface area contributed by atoms with Crippen molar-refractivity contribution in [2.45, 2.75) is 20.1 Å². The van der Waals surface area contributed by atoms with Crippen molar-refractivity contribution >= 4 is 0 Å². The number of aromatic amines is 1. The number of aromatic hydroxyl groups is 1. The SMILES string of the molecule is Cc1cc(O)ccc1-c1cccc(COc2ccc(Cn3oc(=O)[nH]c3=O)cc2)c1. The highest BCUT2D eigenvalue weighted by Gasteiger charge is 2.06. The molecule has 4 aromatic rings. The number of aromatic nitrogens is 2. The minimum absolute atomic E-state index is 0.159. The number of H-pyrrole nitrogens is 1. The quantitative estimate of drug-likeness (QED) is 0.513. The summed E-state index contributed by atoms with van der Waals surface area (Å²) in [6, 6.07) is 20.6. The number of benzene rings is 3. The second-order valence-electron chi connectivity index (χ2n) is 6.98. The summed E-state index contributed by atoms with van der Waals surface area (Å²) in [4.78, 5) is 24.6. The number of phenolic OH excluding ortho intramolecular Hbond substituents is 1. The summed E-state index contributed by atoms with van der Waals surface area (Å²) in [5.74, 6) is 0.167. The summed E-state index contributed by atoms with van der Waals surface area (Å²) in [6.45, 7) is 2.52. The van der Waals surface area contributed by atoms with Gasteiger partial charge >= 0.3 is 11.4 Å². The van der Waals surface area contributed by atoms with Crippen LogP contribution < -0.4 is 16.2 Å². The molecule has 0 radical (unpaired) electrons. The summed E-state index contributed by atoms with van der Waals surface area (Å²) in [5.41, 5.74) is 4.36. The van der Waals surface area contributed by atoms with Crippen molar-refractivity contribution in [3.8, 4) is 22.6 Å². The molecule has 0 aliphatic rings. The van der Waals surface area contributed by atoms with Gasteiger partial charge in [0.15, 0.2) is 0 Å². The van der Waals surface area contributed by atoms with Gasteiger partial charge in [-0.05, 0) is 65.1 Å². The first-order valence-corrected chi connectivity index (χ1v) is 9.39. The molecule has 0 spiro atoms. The first-order valence-electron chi connectivity index (χ1n) is 9.39. The van der Waals surface area contributed by atoms with E-state index in [1.54, 1.807) is 24.3 Å². The molecule has 7 nitrogen and oxygen atoms in total. The van der Waals surface area contributed by atoms with Crippen LogP contribution in [0.2, 0.25) is 0 Å². The molecule has 7 heteroatoms. The molecule has 30 heavy (non-hydrogen) atoms. The van der Waals surface area contributed by atoms with E-state index in [1.807, 2.05) is 48.3 Å². The second-order valence-corrected chi connectivity index (χ2v) is 6.98. The Morgan fingerprint density at radius 2 is 1.80 bits per heavy atom. The Balaban J connectivity index is 1.43. The highest BCUT2D eigenvalue weighted by atomic mass is 16.5. The summed E-state index contributed by atoms with van der Waals surface area (Å²) in [6.07, 6.45) is 0. The van der Waals surface area contributed by atoms with Gasteiger partial charge in [-0.3, -0.25) is 0 Å². The third-order valence-electron chi connectivity index (χ3n) is 4.73. The third kappa shape index (κ3) is 4.35. The lowest BCUT2D eigenvalue weighted by atomic mass is 9.99. The van der Waals surface area contributed by atoms with Crippen molar-refractivity contribution in [2.75, 3.05) is 0 Å². The second kappa shape index (κ2) is 8.16. The van der Waals surface area contributed by atoms with E-state index in [0.717, 1.165) is 32.6 Å². The Kier molecular flexibility index (Phi) is 5.26. The van der Waals surface area contributed by atoms with Crippen molar-refractivity contribution in [2.24, 2.45) is 0 Å². The van der Waals surface area contributed by atoms with E-state index >= 15 is 0 Å². The maximum Gasteiger partial charge on any atom is 0.440 e. The summed E-state index contributed by atoms with van der Waals surface area (Å²) >= 11 is 0. The van der Waals surface area contributed by atoms with Gasteiger partial charge in [-0.15, -0.1) is 4.74 Å². The van der Waals surface area contributed by atoms with Crippen LogP contribution in [-0.4, -0.2) is 14.8 Å². The van der Waals surface area contributed by atoms with Crippen LogP contribution in [-0.2, 0) is 13.2 Å². The minimum atomic E-state index is -0.773. The van der Waals surface area contributed by atoms with Crippen LogP contribution in [0.3, 0.4) is 0 Å². The summed E-state index contributed by atoms with van der Waals surface area (Å²) in [5, 5.41) is 9.61. The lowest BCUT2D eigenvalue weighted by Gasteiger charge is -2.10. The van der Waals surface area contributed by atoms with E-state index in [9.17, 15) is 14.7 Å². The molecule has 0 fully saturated rings. The topological polar surface area (TPSA) is 97.5 Å². The Morgan fingerprint density at radius 3 is 2.50 bits per heavy atom. The summed E-state index contributed by atoms with van der Waals surface area (Å²) < 4.78 is 11.6. The van der Waals surface area contributed by atoms with Crippen LogP contribution in [0.25, 0.3) is 11.1 Å². The number of hydrogen-bond acceptors (Lipinski definition) is 5. The van der Waals surface area contributed by atoms with Crippen molar-refractivity contribution in [3.05, 3.63) is 104 Å². The maximum absolute atomic E-state index is 11.5. The molecular weight excluding hydrogens is 384 g/mol. The standard InChI is InChI=1S/C23H20N2O5/c1-15-11-19(26)7-10-21(15)18-4-2-3-17(12-18)14-29-20-8-5-16(6-9-20)13-25-22(27)24-23(28)30-25/h2-12,26H,13-14H2,1H3,(H,24,27,28). The Bertz CT molecular complexity index is 1280.